The Hall–Kier alpha value is -3.99. The maximum absolute atomic E-state index is 14.7. The number of ether oxygens (including phenoxy) is 2. The van der Waals surface area contributed by atoms with Gasteiger partial charge in [-0.2, -0.15) is 5.10 Å². The van der Waals surface area contributed by atoms with Crippen LogP contribution in [0.2, 0.25) is 0 Å². The molecule has 11 nitrogen and oxygen atoms in total. The van der Waals surface area contributed by atoms with Crippen molar-refractivity contribution in [3.63, 3.8) is 0 Å². The highest BCUT2D eigenvalue weighted by molar-refractivity contribution is 5.94. The second kappa shape index (κ2) is 13.2. The van der Waals surface area contributed by atoms with Crippen molar-refractivity contribution < 1.29 is 24.2 Å². The highest BCUT2D eigenvalue weighted by Crippen LogP contribution is 2.58. The minimum Gasteiger partial charge on any atom is -0.496 e. The van der Waals surface area contributed by atoms with Crippen molar-refractivity contribution >= 4 is 17.8 Å². The number of aliphatic hydroxyl groups is 1. The Balaban J connectivity index is 1.01. The van der Waals surface area contributed by atoms with Crippen molar-refractivity contribution in [1.82, 2.24) is 24.6 Å². The van der Waals surface area contributed by atoms with Crippen molar-refractivity contribution in [2.45, 2.75) is 120 Å². The van der Waals surface area contributed by atoms with E-state index in [1.54, 1.807) is 19.5 Å². The Kier molecular flexibility index (Phi) is 8.83. The molecule has 1 saturated heterocycles. The quantitative estimate of drug-likeness (QED) is 0.267. The molecule has 2 bridgehead atoms. The Morgan fingerprint density at radius 3 is 2.33 bits per heavy atom. The molecule has 0 spiro atoms. The van der Waals surface area contributed by atoms with E-state index < -0.39 is 6.10 Å². The number of aromatic nitrogens is 4. The summed E-state index contributed by atoms with van der Waals surface area (Å²) >= 11 is 0. The van der Waals surface area contributed by atoms with Gasteiger partial charge in [0.15, 0.2) is 5.82 Å². The molecule has 1 aromatic carbocycles. The van der Waals surface area contributed by atoms with Gasteiger partial charge in [0.1, 0.15) is 11.9 Å². The molecule has 2 amide bonds. The largest absolute Gasteiger partial charge is 0.496 e. The van der Waals surface area contributed by atoms with Gasteiger partial charge in [-0.1, -0.05) is 12.1 Å². The summed E-state index contributed by atoms with van der Waals surface area (Å²) in [5.74, 6) is 1.45. The molecule has 5 saturated carbocycles. The molecular weight excluding hydrogens is 644 g/mol. The number of fused-ring (bicyclic) bond motifs is 3. The topological polar surface area (TPSA) is 123 Å². The van der Waals surface area contributed by atoms with E-state index in [1.807, 2.05) is 11.1 Å². The van der Waals surface area contributed by atoms with E-state index in [-0.39, 0.29) is 40.4 Å². The lowest BCUT2D eigenvalue weighted by molar-refractivity contribution is -0.124. The molecule has 6 aliphatic rings. The SMILES string of the molecule is COc1ccc(C23CCC(CN(C(=O)C4CCC(OC(=O)N5CC(O)C5)CC4)c4cncc(-c5cnn(C6(C)CCC6)c5)n4)(CC2)CC3)cc1C. The number of hydrogen-bond acceptors (Lipinski definition) is 8. The lowest BCUT2D eigenvalue weighted by Crippen LogP contribution is -2.54. The third kappa shape index (κ3) is 6.40. The van der Waals surface area contributed by atoms with Crippen LogP contribution in [0, 0.1) is 18.3 Å². The molecule has 0 unspecified atom stereocenters. The van der Waals surface area contributed by atoms with Crippen molar-refractivity contribution in [3.8, 4) is 17.0 Å². The van der Waals surface area contributed by atoms with Crippen LogP contribution in [-0.2, 0) is 20.5 Å². The maximum Gasteiger partial charge on any atom is 0.410 e. The number of methoxy groups -OCH3 is 1. The average Bonchev–Trinajstić information content (AvgIpc) is 3.63. The third-order valence-electron chi connectivity index (χ3n) is 13.3. The molecule has 1 aliphatic heterocycles. The van der Waals surface area contributed by atoms with Crippen molar-refractivity contribution in [3.05, 3.63) is 54.1 Å². The summed E-state index contributed by atoms with van der Waals surface area (Å²) in [6.45, 7) is 5.65. The van der Waals surface area contributed by atoms with Crippen LogP contribution < -0.4 is 9.64 Å². The summed E-state index contributed by atoms with van der Waals surface area (Å²) in [4.78, 5) is 40.4. The number of β-amino-alcohol motifs (C(OH)–C–C–N with tert-alkyl or cyclic N) is 1. The summed E-state index contributed by atoms with van der Waals surface area (Å²) in [7, 11) is 1.73. The first-order valence-electron chi connectivity index (χ1n) is 19.1. The Morgan fingerprint density at radius 2 is 1.71 bits per heavy atom. The smallest absolute Gasteiger partial charge is 0.410 e. The monoisotopic (exact) mass is 696 g/mol. The first-order valence-corrected chi connectivity index (χ1v) is 19.1. The number of benzene rings is 1. The van der Waals surface area contributed by atoms with Gasteiger partial charge in [-0.05, 0) is 125 Å². The highest BCUT2D eigenvalue weighted by Gasteiger charge is 2.51. The van der Waals surface area contributed by atoms with E-state index in [9.17, 15) is 14.7 Å². The Morgan fingerprint density at radius 1 is 0.980 bits per heavy atom. The number of nitrogens with zero attached hydrogens (tertiary/aromatic N) is 6. The van der Waals surface area contributed by atoms with Crippen LogP contribution in [0.15, 0.2) is 43.0 Å². The van der Waals surface area contributed by atoms with Gasteiger partial charge in [-0.25, -0.2) is 9.78 Å². The van der Waals surface area contributed by atoms with Gasteiger partial charge >= 0.3 is 6.09 Å². The standard InChI is InChI=1S/C40H52N6O5/c1-27-19-30(7-10-34(27)50-3)40-16-13-39(14-17-40,15-18-40)26-45(36(48)28-5-8-32(9-6-28)51-37(49)44-24-31(47)25-44)35-22-41-21-33(43-35)29-20-42-46(23-29)38(2)11-4-12-38/h7,10,19-23,28,31-32,47H,4-6,8-9,11-18,24-26H2,1-3H3. The Bertz CT molecular complexity index is 1750. The number of aliphatic hydroxyl groups excluding tert-OH is 1. The molecule has 0 atom stereocenters. The molecule has 5 aliphatic carbocycles. The van der Waals surface area contributed by atoms with Crippen molar-refractivity contribution in [1.29, 1.82) is 0 Å². The normalized spacial score (nSPS) is 28.4. The molecule has 9 rings (SSSR count). The van der Waals surface area contributed by atoms with E-state index in [0.29, 0.717) is 51.1 Å². The number of aryl methyl sites for hydroxylation is 1. The second-order valence-corrected chi connectivity index (χ2v) is 16.6. The van der Waals surface area contributed by atoms with Gasteiger partial charge in [0, 0.05) is 24.2 Å². The molecule has 3 heterocycles. The molecule has 272 valence electrons. The zero-order valence-corrected chi connectivity index (χ0v) is 30.4. The first kappa shape index (κ1) is 34.1. The molecular formula is C40H52N6O5. The fourth-order valence-corrected chi connectivity index (χ4v) is 9.51. The fourth-order valence-electron chi connectivity index (χ4n) is 9.51. The summed E-state index contributed by atoms with van der Waals surface area (Å²) in [6, 6.07) is 6.69. The lowest BCUT2D eigenvalue weighted by Gasteiger charge is -2.55. The maximum atomic E-state index is 14.7. The number of amides is 2. The average molecular weight is 697 g/mol. The summed E-state index contributed by atoms with van der Waals surface area (Å²) in [5.41, 5.74) is 4.48. The summed E-state index contributed by atoms with van der Waals surface area (Å²) in [5, 5.41) is 14.3. The lowest BCUT2D eigenvalue weighted by atomic mass is 9.51. The Labute approximate surface area is 300 Å². The van der Waals surface area contributed by atoms with Crippen molar-refractivity contribution in [2.75, 3.05) is 31.6 Å². The predicted molar refractivity (Wildman–Crippen MR) is 192 cm³/mol. The van der Waals surface area contributed by atoms with Crippen molar-refractivity contribution in [2.24, 2.45) is 11.3 Å². The van der Waals surface area contributed by atoms with Crippen LogP contribution in [0.1, 0.15) is 102 Å². The van der Waals surface area contributed by atoms with Crippen LogP contribution in [0.3, 0.4) is 0 Å². The molecule has 2 aromatic heterocycles. The number of carbonyl (C=O) groups is 2. The van der Waals surface area contributed by atoms with Gasteiger partial charge in [0.25, 0.3) is 0 Å². The molecule has 3 aromatic rings. The van der Waals surface area contributed by atoms with Crippen LogP contribution in [0.4, 0.5) is 10.6 Å². The van der Waals surface area contributed by atoms with Gasteiger partial charge < -0.3 is 19.5 Å². The zero-order valence-electron chi connectivity index (χ0n) is 30.4. The van der Waals surface area contributed by atoms with Crippen LogP contribution >= 0.6 is 0 Å². The minimum absolute atomic E-state index is 0.0226. The summed E-state index contributed by atoms with van der Waals surface area (Å²) in [6.07, 6.45) is 19.0. The fraction of sp³-hybridized carbons (Fsp3) is 0.625. The first-order chi connectivity index (χ1) is 24.6. The van der Waals surface area contributed by atoms with E-state index in [0.717, 1.165) is 68.4 Å². The van der Waals surface area contributed by atoms with E-state index in [1.165, 1.54) is 22.4 Å². The number of hydrogen-bond donors (Lipinski definition) is 1. The molecule has 1 N–H and O–H groups in total. The van der Waals surface area contributed by atoms with E-state index in [4.69, 9.17) is 19.6 Å². The third-order valence-corrected chi connectivity index (χ3v) is 13.3. The van der Waals surface area contributed by atoms with Gasteiger partial charge in [0.05, 0.1) is 56.1 Å². The number of carbonyl (C=O) groups excluding carboxylic acids is 2. The van der Waals surface area contributed by atoms with Gasteiger partial charge in [-0.15, -0.1) is 0 Å². The second-order valence-electron chi connectivity index (χ2n) is 16.6. The van der Waals surface area contributed by atoms with Crippen LogP contribution in [0.5, 0.6) is 5.75 Å². The number of rotatable bonds is 9. The van der Waals surface area contributed by atoms with E-state index in [2.05, 4.69) is 47.9 Å². The molecule has 51 heavy (non-hydrogen) atoms. The predicted octanol–water partition coefficient (Wildman–Crippen LogP) is 6.55. The summed E-state index contributed by atoms with van der Waals surface area (Å²) < 4.78 is 13.4. The van der Waals surface area contributed by atoms with Gasteiger partial charge in [0.2, 0.25) is 5.91 Å². The highest BCUT2D eigenvalue weighted by atomic mass is 16.6. The molecule has 6 fully saturated rings. The minimum atomic E-state index is -0.462. The number of likely N-dealkylation sites (tertiary alicyclic amines) is 1. The van der Waals surface area contributed by atoms with Crippen LogP contribution in [-0.4, -0.2) is 80.7 Å². The zero-order chi connectivity index (χ0) is 35.4. The molecule has 0 radical (unpaired) electrons. The molecule has 11 heteroatoms. The van der Waals surface area contributed by atoms with Crippen LogP contribution in [0.25, 0.3) is 11.3 Å². The van der Waals surface area contributed by atoms with E-state index >= 15 is 0 Å². The number of anilines is 1. The van der Waals surface area contributed by atoms with Gasteiger partial charge in [-0.3, -0.25) is 19.4 Å².